The average molecular weight is 256 g/mol. The van der Waals surface area contributed by atoms with Crippen LogP contribution in [0.25, 0.3) is 0 Å². The predicted octanol–water partition coefficient (Wildman–Crippen LogP) is -2.04. The zero-order chi connectivity index (χ0) is 13.7. The Morgan fingerprint density at radius 1 is 1.28 bits per heavy atom. The van der Waals surface area contributed by atoms with Crippen molar-refractivity contribution in [3.8, 4) is 0 Å². The van der Waals surface area contributed by atoms with Crippen molar-refractivity contribution in [3.05, 3.63) is 0 Å². The number of carbonyl (C=O) groups excluding carboxylic acids is 3. The van der Waals surface area contributed by atoms with E-state index < -0.39 is 0 Å². The van der Waals surface area contributed by atoms with E-state index >= 15 is 0 Å². The van der Waals surface area contributed by atoms with E-state index in [9.17, 15) is 14.4 Å². The van der Waals surface area contributed by atoms with Crippen molar-refractivity contribution in [1.82, 2.24) is 20.0 Å². The van der Waals surface area contributed by atoms with Crippen molar-refractivity contribution < 1.29 is 14.4 Å². The minimum absolute atomic E-state index is 0.0540. The van der Waals surface area contributed by atoms with Gasteiger partial charge in [-0.1, -0.05) is 0 Å². The Kier molecular flexibility index (Phi) is 5.08. The smallest absolute Gasteiger partial charge is 0.239 e. The van der Waals surface area contributed by atoms with Gasteiger partial charge in [0.1, 0.15) is 0 Å². The van der Waals surface area contributed by atoms with E-state index in [2.05, 4.69) is 5.32 Å². The zero-order valence-electron chi connectivity index (χ0n) is 11.1. The molecule has 0 bridgehead atoms. The Bertz CT molecular complexity index is 343. The van der Waals surface area contributed by atoms with Crippen LogP contribution in [0.3, 0.4) is 0 Å². The lowest BCUT2D eigenvalue weighted by Gasteiger charge is -2.28. The van der Waals surface area contributed by atoms with Gasteiger partial charge in [0.2, 0.25) is 17.7 Å². The van der Waals surface area contributed by atoms with Crippen molar-refractivity contribution in [2.24, 2.45) is 0 Å². The molecule has 7 nitrogen and oxygen atoms in total. The van der Waals surface area contributed by atoms with Crippen LogP contribution < -0.4 is 5.32 Å². The van der Waals surface area contributed by atoms with E-state index in [1.807, 2.05) is 0 Å². The first-order chi connectivity index (χ1) is 8.40. The van der Waals surface area contributed by atoms with Gasteiger partial charge in [-0.2, -0.15) is 0 Å². The predicted molar refractivity (Wildman–Crippen MR) is 65.8 cm³/mol. The van der Waals surface area contributed by atoms with Gasteiger partial charge in [0.15, 0.2) is 0 Å². The van der Waals surface area contributed by atoms with Crippen molar-refractivity contribution in [2.45, 2.75) is 0 Å². The molecule has 0 aromatic rings. The molecule has 0 aromatic carbocycles. The number of amides is 3. The SMILES string of the molecule is CN(CC(=O)N(C)C)CC(=O)N1CCNC(=O)C1. The molecule has 0 aliphatic carbocycles. The van der Waals surface area contributed by atoms with E-state index in [1.54, 1.807) is 26.0 Å². The summed E-state index contributed by atoms with van der Waals surface area (Å²) in [4.78, 5) is 39.1. The van der Waals surface area contributed by atoms with Crippen molar-refractivity contribution in [1.29, 1.82) is 0 Å². The topological polar surface area (TPSA) is 73.0 Å². The molecule has 18 heavy (non-hydrogen) atoms. The van der Waals surface area contributed by atoms with Crippen molar-refractivity contribution in [3.63, 3.8) is 0 Å². The molecule has 1 aliphatic heterocycles. The van der Waals surface area contributed by atoms with Gasteiger partial charge in [-0.05, 0) is 7.05 Å². The summed E-state index contributed by atoms with van der Waals surface area (Å²) in [5.74, 6) is -0.317. The van der Waals surface area contributed by atoms with Gasteiger partial charge >= 0.3 is 0 Å². The standard InChI is InChI=1S/C11H20N4O3/c1-13(2)10(17)7-14(3)8-11(18)15-5-4-12-9(16)6-15/h4-8H2,1-3H3,(H,12,16). The van der Waals surface area contributed by atoms with Crippen molar-refractivity contribution in [2.75, 3.05) is 53.9 Å². The van der Waals surface area contributed by atoms with Gasteiger partial charge in [-0.25, -0.2) is 0 Å². The van der Waals surface area contributed by atoms with E-state index in [0.29, 0.717) is 13.1 Å². The molecular formula is C11H20N4O3. The summed E-state index contributed by atoms with van der Waals surface area (Å²) in [6.07, 6.45) is 0. The molecule has 102 valence electrons. The number of likely N-dealkylation sites (N-methyl/N-ethyl adjacent to an activating group) is 2. The Morgan fingerprint density at radius 3 is 2.50 bits per heavy atom. The molecule has 1 N–H and O–H groups in total. The fourth-order valence-corrected chi connectivity index (χ4v) is 1.61. The highest BCUT2D eigenvalue weighted by molar-refractivity contribution is 5.87. The van der Waals surface area contributed by atoms with E-state index in [-0.39, 0.29) is 37.4 Å². The maximum absolute atomic E-state index is 11.9. The first-order valence-electron chi connectivity index (χ1n) is 5.83. The molecule has 0 atom stereocenters. The van der Waals surface area contributed by atoms with Gasteiger partial charge in [0.25, 0.3) is 0 Å². The molecule has 0 aromatic heterocycles. The maximum atomic E-state index is 11.9. The molecule has 0 saturated carbocycles. The van der Waals surface area contributed by atoms with Crippen LogP contribution in [0, 0.1) is 0 Å². The molecule has 7 heteroatoms. The highest BCUT2D eigenvalue weighted by Crippen LogP contribution is 1.97. The summed E-state index contributed by atoms with van der Waals surface area (Å²) in [5, 5.41) is 2.66. The molecule has 0 radical (unpaired) electrons. The van der Waals surface area contributed by atoms with Gasteiger partial charge in [0.05, 0.1) is 19.6 Å². The first kappa shape index (κ1) is 14.4. The zero-order valence-corrected chi connectivity index (χ0v) is 11.1. The van der Waals surface area contributed by atoms with Crippen LogP contribution in [0.1, 0.15) is 0 Å². The summed E-state index contributed by atoms with van der Waals surface area (Å²) in [6, 6.07) is 0. The summed E-state index contributed by atoms with van der Waals surface area (Å²) in [7, 11) is 5.06. The third kappa shape index (κ3) is 4.33. The van der Waals surface area contributed by atoms with E-state index in [4.69, 9.17) is 0 Å². The fraction of sp³-hybridized carbons (Fsp3) is 0.727. The van der Waals surface area contributed by atoms with Gasteiger partial charge in [0, 0.05) is 27.2 Å². The van der Waals surface area contributed by atoms with Crippen LogP contribution >= 0.6 is 0 Å². The molecule has 1 saturated heterocycles. The molecule has 1 rings (SSSR count). The summed E-state index contributed by atoms with van der Waals surface area (Å²) in [6.45, 7) is 1.46. The molecule has 3 amide bonds. The lowest BCUT2D eigenvalue weighted by Crippen LogP contribution is -2.52. The molecular weight excluding hydrogens is 236 g/mol. The maximum Gasteiger partial charge on any atom is 0.239 e. The van der Waals surface area contributed by atoms with Crippen LogP contribution in [0.2, 0.25) is 0 Å². The second-order valence-electron chi connectivity index (χ2n) is 4.63. The Balaban J connectivity index is 2.39. The summed E-state index contributed by atoms with van der Waals surface area (Å²) < 4.78 is 0. The minimum atomic E-state index is -0.137. The summed E-state index contributed by atoms with van der Waals surface area (Å²) >= 11 is 0. The highest BCUT2D eigenvalue weighted by Gasteiger charge is 2.22. The van der Waals surface area contributed by atoms with Crippen LogP contribution in [-0.4, -0.2) is 86.3 Å². The van der Waals surface area contributed by atoms with Gasteiger partial charge < -0.3 is 15.1 Å². The number of nitrogens with one attached hydrogen (secondary N) is 1. The highest BCUT2D eigenvalue weighted by atomic mass is 16.2. The number of rotatable bonds is 4. The Morgan fingerprint density at radius 2 is 1.94 bits per heavy atom. The lowest BCUT2D eigenvalue weighted by molar-refractivity contribution is -0.139. The molecule has 1 heterocycles. The number of carbonyl (C=O) groups is 3. The van der Waals surface area contributed by atoms with E-state index in [0.717, 1.165) is 0 Å². The van der Waals surface area contributed by atoms with Gasteiger partial charge in [-0.3, -0.25) is 19.3 Å². The third-order valence-electron chi connectivity index (χ3n) is 2.70. The third-order valence-corrected chi connectivity index (χ3v) is 2.70. The second-order valence-corrected chi connectivity index (χ2v) is 4.63. The summed E-state index contributed by atoms with van der Waals surface area (Å²) in [5.41, 5.74) is 0. The molecule has 0 unspecified atom stereocenters. The van der Waals surface area contributed by atoms with Crippen LogP contribution in [-0.2, 0) is 14.4 Å². The number of nitrogens with zero attached hydrogens (tertiary/aromatic N) is 3. The monoisotopic (exact) mass is 256 g/mol. The van der Waals surface area contributed by atoms with Gasteiger partial charge in [-0.15, -0.1) is 0 Å². The van der Waals surface area contributed by atoms with Crippen molar-refractivity contribution >= 4 is 17.7 Å². The molecule has 0 spiro atoms. The first-order valence-corrected chi connectivity index (χ1v) is 5.83. The molecule has 1 fully saturated rings. The van der Waals surface area contributed by atoms with Crippen LogP contribution in [0.5, 0.6) is 0 Å². The number of hydrogen-bond donors (Lipinski definition) is 1. The number of piperazine rings is 1. The molecule has 1 aliphatic rings. The minimum Gasteiger partial charge on any atom is -0.353 e. The lowest BCUT2D eigenvalue weighted by atomic mass is 10.3. The fourth-order valence-electron chi connectivity index (χ4n) is 1.61. The van der Waals surface area contributed by atoms with E-state index in [1.165, 1.54) is 9.80 Å². The largest absolute Gasteiger partial charge is 0.353 e. The Hall–Kier alpha value is -1.63. The average Bonchev–Trinajstić information content (AvgIpc) is 2.28. The van der Waals surface area contributed by atoms with Crippen LogP contribution in [0.15, 0.2) is 0 Å². The number of hydrogen-bond acceptors (Lipinski definition) is 4. The quantitative estimate of drug-likeness (QED) is 0.629. The second kappa shape index (κ2) is 6.34. The Labute approximate surface area is 107 Å². The normalized spacial score (nSPS) is 15.6. The van der Waals surface area contributed by atoms with Crippen LogP contribution in [0.4, 0.5) is 0 Å².